The zero-order chi connectivity index (χ0) is 31.5. The highest BCUT2D eigenvalue weighted by molar-refractivity contribution is 6.23. The Balaban J connectivity index is 0.907. The molecular weight excluding hydrogens is 576 g/mol. The number of amides is 5. The van der Waals surface area contributed by atoms with Gasteiger partial charge in [0.15, 0.2) is 11.5 Å². The van der Waals surface area contributed by atoms with Gasteiger partial charge in [0.1, 0.15) is 6.04 Å². The van der Waals surface area contributed by atoms with Crippen LogP contribution in [0.4, 0.5) is 11.5 Å². The number of benzene rings is 1. The number of hydrogen-bond acceptors (Lipinski definition) is 10. The number of nitrogens with zero attached hydrogens (tertiary/aromatic N) is 6. The maximum absolute atomic E-state index is 13.3. The number of carbonyl (C=O) groups is 5. The average Bonchev–Trinajstić information content (AvgIpc) is 3.25. The van der Waals surface area contributed by atoms with Crippen LogP contribution in [0.1, 0.15) is 76.7 Å². The lowest BCUT2D eigenvalue weighted by Gasteiger charge is -2.56. The summed E-state index contributed by atoms with van der Waals surface area (Å²) in [7, 11) is 0. The third-order valence-corrected chi connectivity index (χ3v) is 10.6. The number of rotatable bonds is 6. The van der Waals surface area contributed by atoms with Gasteiger partial charge in [0.2, 0.25) is 11.8 Å². The molecule has 4 saturated heterocycles. The van der Waals surface area contributed by atoms with E-state index in [0.717, 1.165) is 87.9 Å². The molecule has 0 bridgehead atoms. The minimum Gasteiger partial charge on any atom is -0.370 e. The minimum absolute atomic E-state index is 0.103. The molecule has 0 radical (unpaired) electrons. The van der Waals surface area contributed by atoms with Crippen molar-refractivity contribution in [3.05, 3.63) is 47.2 Å². The Kier molecular flexibility index (Phi) is 7.10. The molecule has 1 atom stereocenters. The van der Waals surface area contributed by atoms with Gasteiger partial charge in [-0.3, -0.25) is 34.2 Å². The summed E-state index contributed by atoms with van der Waals surface area (Å²) in [4.78, 5) is 69.7. The molecular formula is C32H38N8O5. The predicted octanol–water partition coefficient (Wildman–Crippen LogP) is 1.19. The van der Waals surface area contributed by atoms with E-state index >= 15 is 0 Å². The van der Waals surface area contributed by atoms with Crippen LogP contribution in [0.2, 0.25) is 0 Å². The Bertz CT molecular complexity index is 1570. The predicted molar refractivity (Wildman–Crippen MR) is 164 cm³/mol. The number of aromatic nitrogens is 2. The van der Waals surface area contributed by atoms with Gasteiger partial charge in [-0.25, -0.2) is 0 Å². The molecule has 1 aromatic carbocycles. The van der Waals surface area contributed by atoms with Crippen molar-refractivity contribution in [2.45, 2.75) is 51.5 Å². The number of hydrogen-bond donors (Lipinski definition) is 2. The number of carbonyl (C=O) groups excluding carboxylic acids is 5. The highest BCUT2D eigenvalue weighted by Crippen LogP contribution is 2.44. The van der Waals surface area contributed by atoms with Gasteiger partial charge in [-0.2, -0.15) is 0 Å². The van der Waals surface area contributed by atoms with E-state index in [2.05, 4.69) is 37.1 Å². The van der Waals surface area contributed by atoms with Crippen molar-refractivity contribution in [2.75, 3.05) is 55.6 Å². The van der Waals surface area contributed by atoms with Gasteiger partial charge in [-0.05, 0) is 80.9 Å². The molecule has 5 aliphatic heterocycles. The van der Waals surface area contributed by atoms with E-state index in [-0.39, 0.29) is 35.3 Å². The Morgan fingerprint density at radius 3 is 2.27 bits per heavy atom. The molecule has 4 fully saturated rings. The molecule has 236 valence electrons. The number of nitrogens with one attached hydrogen (secondary N) is 1. The molecule has 1 aromatic heterocycles. The van der Waals surface area contributed by atoms with Crippen molar-refractivity contribution in [2.24, 2.45) is 16.6 Å². The highest BCUT2D eigenvalue weighted by atomic mass is 16.2. The topological polar surface area (TPSA) is 162 Å². The van der Waals surface area contributed by atoms with E-state index in [1.165, 1.54) is 0 Å². The lowest BCUT2D eigenvalue weighted by Crippen LogP contribution is -2.61. The van der Waals surface area contributed by atoms with Gasteiger partial charge in [-0.1, -0.05) is 6.92 Å². The number of primary amides is 1. The van der Waals surface area contributed by atoms with E-state index in [1.54, 1.807) is 18.2 Å². The highest BCUT2D eigenvalue weighted by Gasteiger charge is 2.48. The first-order valence-corrected chi connectivity index (χ1v) is 15.7. The fourth-order valence-electron chi connectivity index (χ4n) is 7.70. The molecule has 5 aliphatic rings. The summed E-state index contributed by atoms with van der Waals surface area (Å²) in [5.74, 6) is -1.72. The van der Waals surface area contributed by atoms with Gasteiger partial charge in [-0.15, -0.1) is 10.2 Å². The molecule has 13 heteroatoms. The summed E-state index contributed by atoms with van der Waals surface area (Å²) in [6, 6.07) is 7.87. The molecule has 0 aliphatic carbocycles. The maximum atomic E-state index is 13.3. The third kappa shape index (κ3) is 5.32. The zero-order valence-corrected chi connectivity index (χ0v) is 25.5. The van der Waals surface area contributed by atoms with Gasteiger partial charge < -0.3 is 20.4 Å². The summed E-state index contributed by atoms with van der Waals surface area (Å²) in [5, 5.41) is 10.4. The van der Waals surface area contributed by atoms with Crippen molar-refractivity contribution in [3.63, 3.8) is 0 Å². The molecule has 2 aromatic rings. The van der Waals surface area contributed by atoms with Crippen LogP contribution in [0.15, 0.2) is 30.3 Å². The Labute approximate surface area is 261 Å². The number of nitrogens with two attached hydrogens (primary N) is 1. The number of piperidine rings is 3. The SMILES string of the molecule is CC1(CN2CCC3(CC2)CN(c2ccc4c(c2)C(=O)N(C2CCC(=O)NC2=O)C4=O)C3)CCN(c2ccc(C(N)=O)nn2)CC1. The molecule has 6 heterocycles. The Morgan fingerprint density at radius 1 is 0.911 bits per heavy atom. The second kappa shape index (κ2) is 10.9. The molecule has 0 saturated carbocycles. The molecule has 13 nitrogen and oxygen atoms in total. The second-order valence-electron chi connectivity index (χ2n) is 13.7. The molecule has 1 spiro atoms. The lowest BCUT2D eigenvalue weighted by molar-refractivity contribution is -0.136. The van der Waals surface area contributed by atoms with Gasteiger partial charge >= 0.3 is 0 Å². The van der Waals surface area contributed by atoms with Gasteiger partial charge in [0, 0.05) is 50.2 Å². The number of imide groups is 2. The monoisotopic (exact) mass is 614 g/mol. The first kappa shape index (κ1) is 29.3. The average molecular weight is 615 g/mol. The minimum atomic E-state index is -0.956. The van der Waals surface area contributed by atoms with Gasteiger partial charge in [0.05, 0.1) is 11.1 Å². The van der Waals surface area contributed by atoms with Crippen LogP contribution in [0, 0.1) is 10.8 Å². The first-order chi connectivity index (χ1) is 21.5. The molecule has 45 heavy (non-hydrogen) atoms. The van der Waals surface area contributed by atoms with E-state index in [4.69, 9.17) is 5.73 Å². The van der Waals surface area contributed by atoms with Crippen molar-refractivity contribution in [1.82, 2.24) is 25.3 Å². The summed E-state index contributed by atoms with van der Waals surface area (Å²) in [5.41, 5.74) is 7.50. The standard InChI is InChI=1S/C32H38N8O5/c1-31(8-14-38(15-9-31)25-6-4-23(27(33)42)35-36-25)17-37-12-10-32(11-13-37)18-39(19-32)20-2-3-21-22(16-20)30(45)40(29(21)44)24-5-7-26(41)34-28(24)43/h2-4,6,16,24H,5,7-15,17-19H2,1H3,(H2,33,42)(H,34,41,43). The molecule has 5 amide bonds. The molecule has 1 unspecified atom stereocenters. The number of anilines is 2. The summed E-state index contributed by atoms with van der Waals surface area (Å²) < 4.78 is 0. The van der Waals surface area contributed by atoms with Crippen molar-refractivity contribution >= 4 is 41.0 Å². The Hall–Kier alpha value is -4.39. The Morgan fingerprint density at radius 2 is 1.62 bits per heavy atom. The van der Waals surface area contributed by atoms with Crippen LogP contribution in [0.5, 0.6) is 0 Å². The van der Waals surface area contributed by atoms with E-state index in [9.17, 15) is 24.0 Å². The van der Waals surface area contributed by atoms with Crippen molar-refractivity contribution in [3.8, 4) is 0 Å². The van der Waals surface area contributed by atoms with Crippen LogP contribution in [0.3, 0.4) is 0 Å². The first-order valence-electron chi connectivity index (χ1n) is 15.7. The maximum Gasteiger partial charge on any atom is 0.269 e. The summed E-state index contributed by atoms with van der Waals surface area (Å²) in [6.45, 7) is 9.19. The lowest BCUT2D eigenvalue weighted by atomic mass is 9.71. The van der Waals surface area contributed by atoms with Gasteiger partial charge in [0.25, 0.3) is 17.7 Å². The van der Waals surface area contributed by atoms with Crippen LogP contribution in [-0.2, 0) is 9.59 Å². The quantitative estimate of drug-likeness (QED) is 0.452. The largest absolute Gasteiger partial charge is 0.370 e. The number of likely N-dealkylation sites (tertiary alicyclic amines) is 1. The van der Waals surface area contributed by atoms with Crippen LogP contribution < -0.4 is 20.9 Å². The normalized spacial score (nSPS) is 24.5. The van der Waals surface area contributed by atoms with E-state index in [1.807, 2.05) is 12.1 Å². The fourth-order valence-corrected chi connectivity index (χ4v) is 7.70. The zero-order valence-electron chi connectivity index (χ0n) is 25.5. The van der Waals surface area contributed by atoms with Crippen LogP contribution >= 0.6 is 0 Å². The second-order valence-corrected chi connectivity index (χ2v) is 13.7. The third-order valence-electron chi connectivity index (χ3n) is 10.6. The van der Waals surface area contributed by atoms with E-state index in [0.29, 0.717) is 11.1 Å². The summed E-state index contributed by atoms with van der Waals surface area (Å²) >= 11 is 0. The number of fused-ring (bicyclic) bond motifs is 1. The van der Waals surface area contributed by atoms with Crippen molar-refractivity contribution < 1.29 is 24.0 Å². The smallest absolute Gasteiger partial charge is 0.269 e. The summed E-state index contributed by atoms with van der Waals surface area (Å²) in [6.07, 6.45) is 4.61. The fraction of sp³-hybridized carbons (Fsp3) is 0.531. The molecule has 7 rings (SSSR count). The molecule has 3 N–H and O–H groups in total. The van der Waals surface area contributed by atoms with Crippen molar-refractivity contribution in [1.29, 1.82) is 0 Å². The van der Waals surface area contributed by atoms with Crippen LogP contribution in [-0.4, -0.2) is 101 Å². The van der Waals surface area contributed by atoms with E-state index < -0.39 is 29.7 Å². The van der Waals surface area contributed by atoms with Crippen LogP contribution in [0.25, 0.3) is 0 Å².